The maximum Gasteiger partial charge on any atom is 0.275 e. The summed E-state index contributed by atoms with van der Waals surface area (Å²) in [5.74, 6) is 0. The highest BCUT2D eigenvalue weighted by molar-refractivity contribution is 6.31. The molecular weight excluding hydrogens is 278 g/mol. The summed E-state index contributed by atoms with van der Waals surface area (Å²) >= 11 is 6.18. The first-order chi connectivity index (χ1) is 9.63. The quantitative estimate of drug-likeness (QED) is 0.648. The monoisotopic (exact) mass is 297 g/mol. The van der Waals surface area contributed by atoms with Gasteiger partial charge >= 0.3 is 0 Å². The number of nitro groups is 1. The van der Waals surface area contributed by atoms with Crippen molar-refractivity contribution in [2.75, 3.05) is 19.6 Å². The summed E-state index contributed by atoms with van der Waals surface area (Å²) in [5.41, 5.74) is 0.740. The molecule has 1 fully saturated rings. The molecule has 20 heavy (non-hydrogen) atoms. The Hall–Kier alpha value is -1.17. The number of halogens is 1. The first-order valence-electron chi connectivity index (χ1n) is 7.00. The second-order valence-corrected chi connectivity index (χ2v) is 5.52. The smallest absolute Gasteiger partial charge is 0.275 e. The number of hydrogen-bond acceptors (Lipinski definition) is 4. The predicted molar refractivity (Wildman–Crippen MR) is 80.1 cm³/mol. The molecule has 6 heteroatoms. The molecule has 1 heterocycles. The molecule has 1 unspecified atom stereocenters. The van der Waals surface area contributed by atoms with Gasteiger partial charge in [-0.05, 0) is 32.0 Å². The predicted octanol–water partition coefficient (Wildman–Crippen LogP) is 2.82. The van der Waals surface area contributed by atoms with E-state index in [0.29, 0.717) is 23.2 Å². The number of nitrogens with one attached hydrogen (secondary N) is 1. The average Bonchev–Trinajstić information content (AvgIpc) is 2.93. The summed E-state index contributed by atoms with van der Waals surface area (Å²) in [6.07, 6.45) is 2.10. The molecule has 110 valence electrons. The topological polar surface area (TPSA) is 58.4 Å². The standard InChI is InChI=1S/C14H20ClN3O2/c1-2-8-17(11-6-7-16-9-11)10-12-13(15)4-3-5-14(12)18(19)20/h3-5,11,16H,2,6-10H2,1H3. The number of benzene rings is 1. The van der Waals surface area contributed by atoms with Crippen molar-refractivity contribution < 1.29 is 4.92 Å². The molecular formula is C14H20ClN3O2. The van der Waals surface area contributed by atoms with Crippen molar-refractivity contribution in [2.24, 2.45) is 0 Å². The van der Waals surface area contributed by atoms with E-state index in [1.165, 1.54) is 6.07 Å². The van der Waals surface area contributed by atoms with Gasteiger partial charge in [0.1, 0.15) is 0 Å². The number of rotatable bonds is 6. The fourth-order valence-corrected chi connectivity index (χ4v) is 2.94. The molecule has 1 aromatic rings. The van der Waals surface area contributed by atoms with Crippen molar-refractivity contribution >= 4 is 17.3 Å². The number of hydrogen-bond donors (Lipinski definition) is 1. The van der Waals surface area contributed by atoms with Crippen LogP contribution in [0.25, 0.3) is 0 Å². The average molecular weight is 298 g/mol. The first kappa shape index (κ1) is 15.2. The molecule has 1 atom stereocenters. The zero-order valence-corrected chi connectivity index (χ0v) is 12.4. The molecule has 1 aromatic carbocycles. The third-order valence-electron chi connectivity index (χ3n) is 3.71. The lowest BCUT2D eigenvalue weighted by Crippen LogP contribution is -2.37. The lowest BCUT2D eigenvalue weighted by Gasteiger charge is -2.28. The SMILES string of the molecule is CCCN(Cc1c(Cl)cccc1[N+](=O)[O-])C1CCNC1. The second-order valence-electron chi connectivity index (χ2n) is 5.11. The molecule has 5 nitrogen and oxygen atoms in total. The van der Waals surface area contributed by atoms with Crippen molar-refractivity contribution in [1.29, 1.82) is 0 Å². The number of nitro benzene ring substituents is 1. The number of nitrogens with zero attached hydrogens (tertiary/aromatic N) is 2. The molecule has 1 saturated heterocycles. The highest BCUT2D eigenvalue weighted by atomic mass is 35.5. The van der Waals surface area contributed by atoms with E-state index >= 15 is 0 Å². The van der Waals surface area contributed by atoms with Crippen molar-refractivity contribution in [3.63, 3.8) is 0 Å². The normalized spacial score (nSPS) is 18.6. The van der Waals surface area contributed by atoms with Crippen molar-refractivity contribution in [3.05, 3.63) is 38.9 Å². The van der Waals surface area contributed by atoms with E-state index in [1.54, 1.807) is 12.1 Å². The van der Waals surface area contributed by atoms with Crippen LogP contribution in [0.4, 0.5) is 5.69 Å². The van der Waals surface area contributed by atoms with Gasteiger partial charge < -0.3 is 5.32 Å². The molecule has 0 aromatic heterocycles. The maximum atomic E-state index is 11.2. The van der Waals surface area contributed by atoms with Gasteiger partial charge in [0, 0.05) is 25.2 Å². The van der Waals surface area contributed by atoms with Crippen LogP contribution in [0.1, 0.15) is 25.3 Å². The summed E-state index contributed by atoms with van der Waals surface area (Å²) in [6, 6.07) is 5.32. The van der Waals surface area contributed by atoms with E-state index in [4.69, 9.17) is 11.6 Å². The fourth-order valence-electron chi connectivity index (χ4n) is 2.71. The molecule has 0 saturated carbocycles. The van der Waals surface area contributed by atoms with Gasteiger partial charge in [-0.1, -0.05) is 24.6 Å². The molecule has 0 radical (unpaired) electrons. The lowest BCUT2D eigenvalue weighted by molar-refractivity contribution is -0.385. The molecule has 1 N–H and O–H groups in total. The Bertz CT molecular complexity index is 475. The van der Waals surface area contributed by atoms with Crippen LogP contribution < -0.4 is 5.32 Å². The van der Waals surface area contributed by atoms with Crippen LogP contribution in [0.3, 0.4) is 0 Å². The Morgan fingerprint density at radius 2 is 2.35 bits per heavy atom. The van der Waals surface area contributed by atoms with E-state index < -0.39 is 0 Å². The Labute approximate surface area is 124 Å². The Morgan fingerprint density at radius 3 is 2.95 bits per heavy atom. The van der Waals surface area contributed by atoms with Crippen molar-refractivity contribution in [1.82, 2.24) is 10.2 Å². The van der Waals surface area contributed by atoms with Gasteiger partial charge in [0.05, 0.1) is 15.5 Å². The van der Waals surface area contributed by atoms with Gasteiger partial charge in [-0.25, -0.2) is 0 Å². The van der Waals surface area contributed by atoms with Gasteiger partial charge in [-0.3, -0.25) is 15.0 Å². The van der Waals surface area contributed by atoms with Crippen LogP contribution in [-0.4, -0.2) is 35.5 Å². The highest BCUT2D eigenvalue weighted by Gasteiger charge is 2.25. The van der Waals surface area contributed by atoms with E-state index in [9.17, 15) is 10.1 Å². The Kier molecular flexibility index (Phi) is 5.34. The molecule has 1 aliphatic rings. The Balaban J connectivity index is 2.23. The third-order valence-corrected chi connectivity index (χ3v) is 4.07. The van der Waals surface area contributed by atoms with Crippen LogP contribution in [0, 0.1) is 10.1 Å². The van der Waals surface area contributed by atoms with Gasteiger partial charge in [0.2, 0.25) is 0 Å². The summed E-state index contributed by atoms with van der Waals surface area (Å²) in [4.78, 5) is 13.1. The van der Waals surface area contributed by atoms with Gasteiger partial charge in [-0.15, -0.1) is 0 Å². The fraction of sp³-hybridized carbons (Fsp3) is 0.571. The zero-order chi connectivity index (χ0) is 14.5. The van der Waals surface area contributed by atoms with Gasteiger partial charge in [-0.2, -0.15) is 0 Å². The zero-order valence-electron chi connectivity index (χ0n) is 11.6. The van der Waals surface area contributed by atoms with E-state index in [0.717, 1.165) is 32.5 Å². The first-order valence-corrected chi connectivity index (χ1v) is 7.37. The van der Waals surface area contributed by atoms with Crippen LogP contribution in [0.15, 0.2) is 18.2 Å². The summed E-state index contributed by atoms with van der Waals surface area (Å²) in [7, 11) is 0. The Morgan fingerprint density at radius 1 is 1.55 bits per heavy atom. The van der Waals surface area contributed by atoms with Gasteiger partial charge in [0.15, 0.2) is 0 Å². The van der Waals surface area contributed by atoms with Crippen molar-refractivity contribution in [2.45, 2.75) is 32.4 Å². The molecule has 0 aliphatic carbocycles. The molecule has 2 rings (SSSR count). The minimum atomic E-state index is -0.349. The van der Waals surface area contributed by atoms with Crippen LogP contribution in [0.2, 0.25) is 5.02 Å². The molecule has 1 aliphatic heterocycles. The molecule has 0 bridgehead atoms. The lowest BCUT2D eigenvalue weighted by atomic mass is 10.1. The minimum Gasteiger partial charge on any atom is -0.315 e. The summed E-state index contributed by atoms with van der Waals surface area (Å²) < 4.78 is 0. The molecule has 0 spiro atoms. The van der Waals surface area contributed by atoms with Crippen LogP contribution in [-0.2, 0) is 6.54 Å². The van der Waals surface area contributed by atoms with Crippen LogP contribution in [0.5, 0.6) is 0 Å². The van der Waals surface area contributed by atoms with E-state index in [-0.39, 0.29) is 10.6 Å². The van der Waals surface area contributed by atoms with Crippen molar-refractivity contribution in [3.8, 4) is 0 Å². The minimum absolute atomic E-state index is 0.115. The van der Waals surface area contributed by atoms with E-state index in [2.05, 4.69) is 17.1 Å². The van der Waals surface area contributed by atoms with E-state index in [1.807, 2.05) is 0 Å². The third kappa shape index (κ3) is 3.48. The molecule has 0 amide bonds. The largest absolute Gasteiger partial charge is 0.315 e. The summed E-state index contributed by atoms with van der Waals surface area (Å²) in [6.45, 7) is 5.54. The maximum absolute atomic E-state index is 11.2. The van der Waals surface area contributed by atoms with Gasteiger partial charge in [0.25, 0.3) is 5.69 Å². The second kappa shape index (κ2) is 7.02. The van der Waals surface area contributed by atoms with Crippen LogP contribution >= 0.6 is 11.6 Å². The highest BCUT2D eigenvalue weighted by Crippen LogP contribution is 2.28. The summed E-state index contributed by atoms with van der Waals surface area (Å²) in [5, 5.41) is 15.0.